The van der Waals surface area contributed by atoms with E-state index in [9.17, 15) is 9.59 Å². The molecular weight excluding hydrogens is 412 g/mol. The molecule has 6 nitrogen and oxygen atoms in total. The Hall–Kier alpha value is -2.28. The van der Waals surface area contributed by atoms with Crippen molar-refractivity contribution < 1.29 is 18.7 Å². The Labute approximate surface area is 167 Å². The standard InChI is InChI=1S/C20H23BrN2O4/c1-22(10-12-27-18-6-4-17(21)5-7-18)19(24)15-3-2-9-23(13-15)20(25)16-8-11-26-14-16/h4-8,11,14-15H,2-3,9-10,12-13H2,1H3. The fraction of sp³-hybridized carbons (Fsp3) is 0.400. The summed E-state index contributed by atoms with van der Waals surface area (Å²) in [5.41, 5.74) is 0.527. The lowest BCUT2D eigenvalue weighted by atomic mass is 9.96. The fourth-order valence-electron chi connectivity index (χ4n) is 3.19. The minimum atomic E-state index is -0.174. The fourth-order valence-corrected chi connectivity index (χ4v) is 3.45. The summed E-state index contributed by atoms with van der Waals surface area (Å²) in [6, 6.07) is 9.24. The van der Waals surface area contributed by atoms with Crippen LogP contribution in [0.25, 0.3) is 0 Å². The zero-order valence-electron chi connectivity index (χ0n) is 15.3. The molecule has 1 unspecified atom stereocenters. The Morgan fingerprint density at radius 3 is 2.78 bits per heavy atom. The molecule has 2 amide bonds. The van der Waals surface area contributed by atoms with Crippen LogP contribution in [0, 0.1) is 5.92 Å². The van der Waals surface area contributed by atoms with E-state index >= 15 is 0 Å². The second-order valence-electron chi connectivity index (χ2n) is 6.66. The normalized spacial score (nSPS) is 16.8. The van der Waals surface area contributed by atoms with Gasteiger partial charge in [0, 0.05) is 24.6 Å². The molecule has 0 radical (unpaired) electrons. The lowest BCUT2D eigenvalue weighted by molar-refractivity contribution is -0.135. The highest BCUT2D eigenvalue weighted by atomic mass is 79.9. The maximum absolute atomic E-state index is 12.7. The predicted molar refractivity (Wildman–Crippen MR) is 105 cm³/mol. The third kappa shape index (κ3) is 5.13. The first-order valence-electron chi connectivity index (χ1n) is 8.99. The Morgan fingerprint density at radius 1 is 1.30 bits per heavy atom. The Kier molecular flexibility index (Phi) is 6.55. The topological polar surface area (TPSA) is 63.0 Å². The Bertz CT molecular complexity index is 761. The van der Waals surface area contributed by atoms with Crippen molar-refractivity contribution >= 4 is 27.7 Å². The highest BCUT2D eigenvalue weighted by Crippen LogP contribution is 2.21. The molecule has 1 aromatic carbocycles. The minimum Gasteiger partial charge on any atom is -0.492 e. The number of hydrogen-bond donors (Lipinski definition) is 0. The van der Waals surface area contributed by atoms with Crippen LogP contribution in [0.1, 0.15) is 23.2 Å². The van der Waals surface area contributed by atoms with Crippen molar-refractivity contribution in [3.05, 3.63) is 52.9 Å². The van der Waals surface area contributed by atoms with Gasteiger partial charge in [0.2, 0.25) is 5.91 Å². The molecule has 0 aliphatic carbocycles. The molecule has 27 heavy (non-hydrogen) atoms. The second kappa shape index (κ2) is 9.08. The number of hydrogen-bond acceptors (Lipinski definition) is 4. The molecule has 1 saturated heterocycles. The van der Waals surface area contributed by atoms with Gasteiger partial charge in [-0.05, 0) is 43.2 Å². The number of piperidine rings is 1. The van der Waals surface area contributed by atoms with E-state index in [1.807, 2.05) is 24.3 Å². The number of furan rings is 1. The third-order valence-electron chi connectivity index (χ3n) is 4.71. The molecule has 1 aromatic heterocycles. The van der Waals surface area contributed by atoms with Crippen LogP contribution in [0.5, 0.6) is 5.75 Å². The van der Waals surface area contributed by atoms with Gasteiger partial charge >= 0.3 is 0 Å². The van der Waals surface area contributed by atoms with E-state index in [2.05, 4.69) is 15.9 Å². The molecule has 1 aliphatic rings. The van der Waals surface area contributed by atoms with E-state index in [0.717, 1.165) is 23.1 Å². The molecule has 7 heteroatoms. The highest BCUT2D eigenvalue weighted by molar-refractivity contribution is 9.10. The number of nitrogens with zero attached hydrogens (tertiary/aromatic N) is 2. The van der Waals surface area contributed by atoms with Crippen LogP contribution in [0.15, 0.2) is 51.7 Å². The van der Waals surface area contributed by atoms with E-state index in [-0.39, 0.29) is 17.7 Å². The number of halogens is 1. The lowest BCUT2D eigenvalue weighted by Gasteiger charge is -2.33. The smallest absolute Gasteiger partial charge is 0.257 e. The van der Waals surface area contributed by atoms with Crippen molar-refractivity contribution in [2.45, 2.75) is 12.8 Å². The van der Waals surface area contributed by atoms with Gasteiger partial charge in [0.1, 0.15) is 18.6 Å². The molecule has 0 bridgehead atoms. The maximum Gasteiger partial charge on any atom is 0.257 e. The summed E-state index contributed by atoms with van der Waals surface area (Å²) in [7, 11) is 1.78. The summed E-state index contributed by atoms with van der Waals surface area (Å²) < 4.78 is 11.7. The molecule has 1 atom stereocenters. The van der Waals surface area contributed by atoms with Gasteiger partial charge in [-0.3, -0.25) is 9.59 Å². The molecule has 1 fully saturated rings. The number of rotatable bonds is 6. The Morgan fingerprint density at radius 2 is 2.07 bits per heavy atom. The Balaban J connectivity index is 1.48. The van der Waals surface area contributed by atoms with E-state index in [4.69, 9.17) is 9.15 Å². The number of carbonyl (C=O) groups excluding carboxylic acids is 2. The maximum atomic E-state index is 12.7. The average Bonchev–Trinajstić information content (AvgIpc) is 3.23. The van der Waals surface area contributed by atoms with Crippen LogP contribution in [0.2, 0.25) is 0 Å². The van der Waals surface area contributed by atoms with Crippen LogP contribution < -0.4 is 4.74 Å². The van der Waals surface area contributed by atoms with Crippen molar-refractivity contribution in [2.75, 3.05) is 33.3 Å². The first kappa shape index (κ1) is 19.5. The lowest BCUT2D eigenvalue weighted by Crippen LogP contribution is -2.46. The van der Waals surface area contributed by atoms with Gasteiger partial charge in [-0.15, -0.1) is 0 Å². The highest BCUT2D eigenvalue weighted by Gasteiger charge is 2.30. The van der Waals surface area contributed by atoms with Crippen molar-refractivity contribution in [2.24, 2.45) is 5.92 Å². The molecule has 2 aromatic rings. The number of likely N-dealkylation sites (N-methyl/N-ethyl adjacent to an activating group) is 1. The third-order valence-corrected chi connectivity index (χ3v) is 5.24. The van der Waals surface area contributed by atoms with Gasteiger partial charge in [-0.1, -0.05) is 15.9 Å². The molecule has 3 rings (SSSR count). The minimum absolute atomic E-state index is 0.0547. The number of carbonyl (C=O) groups is 2. The van der Waals surface area contributed by atoms with Crippen LogP contribution in [-0.4, -0.2) is 54.9 Å². The van der Waals surface area contributed by atoms with Crippen molar-refractivity contribution in [1.82, 2.24) is 9.80 Å². The van der Waals surface area contributed by atoms with Crippen molar-refractivity contribution in [1.29, 1.82) is 0 Å². The van der Waals surface area contributed by atoms with E-state index in [1.54, 1.807) is 22.9 Å². The van der Waals surface area contributed by atoms with Crippen LogP contribution in [-0.2, 0) is 4.79 Å². The van der Waals surface area contributed by atoms with E-state index in [0.29, 0.717) is 31.8 Å². The molecular formula is C20H23BrN2O4. The molecule has 0 N–H and O–H groups in total. The van der Waals surface area contributed by atoms with Crippen LogP contribution in [0.3, 0.4) is 0 Å². The summed E-state index contributed by atoms with van der Waals surface area (Å²) in [5, 5.41) is 0. The quantitative estimate of drug-likeness (QED) is 0.698. The van der Waals surface area contributed by atoms with Gasteiger partial charge in [-0.2, -0.15) is 0 Å². The molecule has 0 saturated carbocycles. The number of amides is 2. The second-order valence-corrected chi connectivity index (χ2v) is 7.58. The van der Waals surface area contributed by atoms with Crippen molar-refractivity contribution in [3.63, 3.8) is 0 Å². The summed E-state index contributed by atoms with van der Waals surface area (Å²) in [6.07, 6.45) is 4.55. The van der Waals surface area contributed by atoms with Gasteiger partial charge < -0.3 is 19.0 Å². The van der Waals surface area contributed by atoms with Gasteiger partial charge in [0.25, 0.3) is 5.91 Å². The summed E-state index contributed by atoms with van der Waals surface area (Å²) >= 11 is 3.39. The zero-order chi connectivity index (χ0) is 19.2. The number of ether oxygens (including phenoxy) is 1. The average molecular weight is 435 g/mol. The number of likely N-dealkylation sites (tertiary alicyclic amines) is 1. The monoisotopic (exact) mass is 434 g/mol. The molecule has 0 spiro atoms. The molecule has 2 heterocycles. The summed E-state index contributed by atoms with van der Waals surface area (Å²) in [4.78, 5) is 28.6. The van der Waals surface area contributed by atoms with E-state index < -0.39 is 0 Å². The number of benzene rings is 1. The summed E-state index contributed by atoms with van der Waals surface area (Å²) in [5.74, 6) is 0.572. The van der Waals surface area contributed by atoms with Crippen LogP contribution in [0.4, 0.5) is 0 Å². The zero-order valence-corrected chi connectivity index (χ0v) is 16.9. The predicted octanol–water partition coefficient (Wildman–Crippen LogP) is 3.43. The van der Waals surface area contributed by atoms with E-state index in [1.165, 1.54) is 12.5 Å². The molecule has 144 valence electrons. The first-order valence-corrected chi connectivity index (χ1v) is 9.78. The molecule has 1 aliphatic heterocycles. The summed E-state index contributed by atoms with van der Waals surface area (Å²) in [6.45, 7) is 2.04. The van der Waals surface area contributed by atoms with Crippen molar-refractivity contribution in [3.8, 4) is 5.75 Å². The van der Waals surface area contributed by atoms with Gasteiger partial charge in [-0.25, -0.2) is 0 Å². The SMILES string of the molecule is CN(CCOc1ccc(Br)cc1)C(=O)C1CCCN(C(=O)c2ccoc2)C1. The van der Waals surface area contributed by atoms with Gasteiger partial charge in [0.05, 0.1) is 24.3 Å². The first-order chi connectivity index (χ1) is 13.0. The van der Waals surface area contributed by atoms with Gasteiger partial charge in [0.15, 0.2) is 0 Å². The van der Waals surface area contributed by atoms with Crippen LogP contribution >= 0.6 is 15.9 Å². The largest absolute Gasteiger partial charge is 0.492 e.